The van der Waals surface area contributed by atoms with E-state index in [4.69, 9.17) is 9.84 Å². The Balaban J connectivity index is 1.26. The maximum atomic E-state index is 17.7. The number of carbonyl (C=O) groups is 4. The molecule has 324 valence electrons. The molecule has 57 heavy (non-hydrogen) atoms. The molecule has 0 aromatic heterocycles. The molecule has 0 bridgehead atoms. The summed E-state index contributed by atoms with van der Waals surface area (Å²) in [6.45, 7) is 5.27. The van der Waals surface area contributed by atoms with E-state index in [0.717, 1.165) is 49.9 Å². The number of fused-ring (bicyclic) bond motifs is 5. The molecule has 4 aliphatic rings. The highest BCUT2D eigenvalue weighted by molar-refractivity contribution is 8.13. The Hall–Kier alpha value is -1.81. The Labute approximate surface area is 337 Å². The van der Waals surface area contributed by atoms with Gasteiger partial charge in [-0.05, 0) is 62.7 Å². The summed E-state index contributed by atoms with van der Waals surface area (Å²) in [5.41, 5.74) is -6.71. The van der Waals surface area contributed by atoms with E-state index in [9.17, 15) is 43.2 Å². The first-order valence-electron chi connectivity index (χ1n) is 19.9. The summed E-state index contributed by atoms with van der Waals surface area (Å²) >= 11 is 1.06. The van der Waals surface area contributed by atoms with Crippen LogP contribution in [-0.4, -0.2) is 98.0 Å². The number of ketones is 1. The van der Waals surface area contributed by atoms with Crippen LogP contribution in [0.3, 0.4) is 0 Å². The first-order valence-corrected chi connectivity index (χ1v) is 24.1. The van der Waals surface area contributed by atoms with Crippen molar-refractivity contribution >= 4 is 50.0 Å². The molecule has 19 heteroatoms. The zero-order chi connectivity index (χ0) is 42.5. The second-order valence-electron chi connectivity index (χ2n) is 16.3. The molecular weight excluding hydrogens is 810 g/mol. The van der Waals surface area contributed by atoms with E-state index in [0.29, 0.717) is 25.0 Å². The number of unbranched alkanes of at least 4 members (excludes halogenated alkanes) is 7. The van der Waals surface area contributed by atoms with Gasteiger partial charge in [-0.3, -0.25) is 28.3 Å². The number of hydrogen-bond acceptors (Lipinski definition) is 12. The summed E-state index contributed by atoms with van der Waals surface area (Å²) in [5, 5.41) is 22.2. The number of phosphoric ester groups is 1. The third kappa shape index (κ3) is 10.0. The molecule has 1 amide bonds. The summed E-state index contributed by atoms with van der Waals surface area (Å²) in [7, 11) is -9.26. The molecule has 0 heterocycles. The molecule has 4 rings (SSSR count). The molecule has 0 aliphatic heterocycles. The lowest BCUT2D eigenvalue weighted by Crippen LogP contribution is -2.70. The second-order valence-corrected chi connectivity index (χ2v) is 20.9. The van der Waals surface area contributed by atoms with Crippen LogP contribution in [0.4, 0.5) is 8.78 Å². The van der Waals surface area contributed by atoms with Crippen molar-refractivity contribution in [1.29, 1.82) is 0 Å². The fourth-order valence-electron chi connectivity index (χ4n) is 9.85. The van der Waals surface area contributed by atoms with Gasteiger partial charge >= 0.3 is 21.4 Å². The van der Waals surface area contributed by atoms with Crippen LogP contribution in [0.5, 0.6) is 0 Å². The van der Waals surface area contributed by atoms with Gasteiger partial charge in [0.25, 0.3) is 0 Å². The summed E-state index contributed by atoms with van der Waals surface area (Å²) in [6, 6.07) is 0. The van der Waals surface area contributed by atoms with Crippen LogP contribution in [0.1, 0.15) is 105 Å². The highest BCUT2D eigenvalue weighted by atomic mass is 32.2. The number of hydrogen-bond donors (Lipinski definition) is 5. The van der Waals surface area contributed by atoms with E-state index in [1.54, 1.807) is 20.8 Å². The number of aliphatic hydroxyl groups excluding tert-OH is 2. The molecule has 0 spiro atoms. The molecular formula is C38H59F2NO13P2S. The number of thioether (sulfide) groups is 1. The van der Waals surface area contributed by atoms with Crippen molar-refractivity contribution in [2.24, 2.45) is 28.6 Å². The van der Waals surface area contributed by atoms with Gasteiger partial charge in [0, 0.05) is 41.4 Å². The third-order valence-corrected chi connectivity index (χ3v) is 17.0. The average molecular weight is 870 g/mol. The smallest absolute Gasteiger partial charge is 0.449 e. The SMILES string of the molecule is CCC(=O)O[C@]1(C(=O)SCCCCCCCCCCP(=O)(O)OP(=O)(O)OCCNC(=O)CO)[C@H](C)C[C@H]2[C@@H]3C[C@H](F)C4=CC(=O)C=C[C@]4(C)[C@@]3(F)[C@@H](O)C[C@@]21C. The molecule has 0 saturated heterocycles. The zero-order valence-corrected chi connectivity index (χ0v) is 35.8. The number of rotatable bonds is 21. The van der Waals surface area contributed by atoms with Gasteiger partial charge in [0.2, 0.25) is 11.0 Å². The van der Waals surface area contributed by atoms with Crippen molar-refractivity contribution in [3.63, 3.8) is 0 Å². The number of esters is 1. The number of phosphoric acid groups is 1. The van der Waals surface area contributed by atoms with Crippen molar-refractivity contribution in [3.8, 4) is 0 Å². The van der Waals surface area contributed by atoms with Gasteiger partial charge in [-0.1, -0.05) is 77.1 Å². The molecule has 2 unspecified atom stereocenters. The van der Waals surface area contributed by atoms with Crippen LogP contribution in [0.2, 0.25) is 0 Å². The van der Waals surface area contributed by atoms with E-state index in [1.165, 1.54) is 19.1 Å². The Morgan fingerprint density at radius 1 is 1.02 bits per heavy atom. The maximum Gasteiger partial charge on any atom is 0.479 e. The quantitative estimate of drug-likeness (QED) is 0.0504. The van der Waals surface area contributed by atoms with Gasteiger partial charge in [0.1, 0.15) is 12.8 Å². The third-order valence-electron chi connectivity index (χ3n) is 12.7. The molecule has 4 aliphatic carbocycles. The fraction of sp³-hybridized carbons (Fsp3) is 0.789. The lowest BCUT2D eigenvalue weighted by atomic mass is 9.44. The van der Waals surface area contributed by atoms with Crippen LogP contribution in [0, 0.1) is 28.6 Å². The van der Waals surface area contributed by atoms with Gasteiger partial charge in [-0.15, -0.1) is 0 Å². The van der Waals surface area contributed by atoms with E-state index in [-0.39, 0.29) is 49.1 Å². The van der Waals surface area contributed by atoms with E-state index < -0.39 is 98.4 Å². The number of nitrogens with one attached hydrogen (secondary N) is 1. The number of ether oxygens (including phenoxy) is 1. The minimum absolute atomic E-state index is 0.00675. The Morgan fingerprint density at radius 2 is 1.65 bits per heavy atom. The van der Waals surface area contributed by atoms with Crippen LogP contribution in [-0.2, 0) is 41.9 Å². The molecule has 0 aromatic rings. The summed E-state index contributed by atoms with van der Waals surface area (Å²) in [6.07, 6.45) is 5.63. The standard InChI is InChI=1S/C38H59F2NO13P2S/c1-5-33(46)53-38(25(2)20-27-28-22-30(39)29-21-26(43)14-15-35(29,3)37(28,40)31(44)23-36(27,38)4)34(47)57-19-13-11-9-7-6-8-10-12-18-55(48,49)54-56(50,51)52-17-16-41-32(45)24-42/h14-15,21,25,27-28,30-31,42,44H,5-13,16-20,22-24H2,1-4H3,(H,41,45)(H,48,49)(H,50,51)/t25-,27+,28+,30+,31+,35+,36+,37+,38+/m1/s1. The van der Waals surface area contributed by atoms with E-state index in [2.05, 4.69) is 14.2 Å². The average Bonchev–Trinajstić information content (AvgIpc) is 3.35. The van der Waals surface area contributed by atoms with Crippen molar-refractivity contribution in [1.82, 2.24) is 5.32 Å². The fourth-order valence-corrected chi connectivity index (χ4v) is 13.8. The van der Waals surface area contributed by atoms with Crippen molar-refractivity contribution in [2.45, 2.75) is 128 Å². The molecule has 14 nitrogen and oxygen atoms in total. The summed E-state index contributed by atoms with van der Waals surface area (Å²) < 4.78 is 73.0. The maximum absolute atomic E-state index is 17.7. The largest absolute Gasteiger partial charge is 0.479 e. The normalized spacial score (nSPS) is 35.2. The summed E-state index contributed by atoms with van der Waals surface area (Å²) in [5.74, 6) is -3.43. The number of alkyl halides is 2. The predicted molar refractivity (Wildman–Crippen MR) is 208 cm³/mol. The van der Waals surface area contributed by atoms with Crippen LogP contribution in [0.25, 0.3) is 0 Å². The topological polar surface area (TPSA) is 223 Å². The molecule has 0 radical (unpaired) electrons. The zero-order valence-electron chi connectivity index (χ0n) is 33.2. The van der Waals surface area contributed by atoms with Gasteiger partial charge in [-0.2, -0.15) is 0 Å². The van der Waals surface area contributed by atoms with Crippen LogP contribution >= 0.6 is 27.2 Å². The number of carbonyl (C=O) groups excluding carboxylic acids is 4. The second kappa shape index (κ2) is 19.3. The highest BCUT2D eigenvalue weighted by Gasteiger charge is 2.78. The van der Waals surface area contributed by atoms with Crippen LogP contribution < -0.4 is 5.32 Å². The number of halogens is 2. The Morgan fingerprint density at radius 3 is 2.28 bits per heavy atom. The van der Waals surface area contributed by atoms with E-state index >= 15 is 8.78 Å². The lowest BCUT2D eigenvalue weighted by molar-refractivity contribution is -0.228. The van der Waals surface area contributed by atoms with Crippen molar-refractivity contribution < 1.29 is 70.7 Å². The first kappa shape index (κ1) is 47.9. The molecule has 0 aromatic carbocycles. The van der Waals surface area contributed by atoms with Gasteiger partial charge in [0.05, 0.1) is 18.9 Å². The van der Waals surface area contributed by atoms with E-state index in [1.807, 2.05) is 0 Å². The Bertz CT molecular complexity index is 1670. The number of allylic oxidation sites excluding steroid dienone is 4. The van der Waals surface area contributed by atoms with Crippen molar-refractivity contribution in [2.75, 3.05) is 31.7 Å². The van der Waals surface area contributed by atoms with Gasteiger partial charge in [-0.25, -0.2) is 17.7 Å². The predicted octanol–water partition coefficient (Wildman–Crippen LogP) is 6.05. The molecule has 3 fully saturated rings. The molecule has 11 atom stereocenters. The minimum atomic E-state index is -4.84. The molecule has 3 saturated carbocycles. The van der Waals surface area contributed by atoms with Crippen molar-refractivity contribution in [3.05, 3.63) is 23.8 Å². The number of amides is 1. The monoisotopic (exact) mass is 869 g/mol. The minimum Gasteiger partial charge on any atom is -0.449 e. The summed E-state index contributed by atoms with van der Waals surface area (Å²) in [4.78, 5) is 70.2. The van der Waals surface area contributed by atoms with Gasteiger partial charge in [0.15, 0.2) is 17.1 Å². The first-order chi connectivity index (χ1) is 26.6. The Kier molecular flexibility index (Phi) is 16.2. The lowest BCUT2D eigenvalue weighted by Gasteiger charge is -2.63. The van der Waals surface area contributed by atoms with Gasteiger partial charge < -0.3 is 30.1 Å². The van der Waals surface area contributed by atoms with Crippen LogP contribution in [0.15, 0.2) is 23.8 Å². The number of aliphatic hydroxyl groups is 2. The highest BCUT2D eigenvalue weighted by Crippen LogP contribution is 2.72. The molecule has 5 N–H and O–H groups in total.